The number of benzene rings is 1. The Morgan fingerprint density at radius 2 is 1.97 bits per heavy atom. The Kier molecular flexibility index (Phi) is 7.50. The van der Waals surface area contributed by atoms with Gasteiger partial charge in [-0.3, -0.25) is 14.6 Å². The molecule has 0 unspecified atom stereocenters. The molecule has 4 rings (SSSR count). The Morgan fingerprint density at radius 3 is 2.76 bits per heavy atom. The second-order valence-corrected chi connectivity index (χ2v) is 8.91. The topological polar surface area (TPSA) is 88.3 Å². The van der Waals surface area contributed by atoms with E-state index >= 15 is 0 Å². The quantitative estimate of drug-likeness (QED) is 0.433. The largest absolute Gasteiger partial charge is 0.438 e. The molecule has 3 heterocycles. The van der Waals surface area contributed by atoms with Crippen LogP contribution in [-0.2, 0) is 9.59 Å². The number of nitrogens with one attached hydrogen (secondary N) is 1. The van der Waals surface area contributed by atoms with Gasteiger partial charge in [-0.15, -0.1) is 0 Å². The van der Waals surface area contributed by atoms with E-state index < -0.39 is 0 Å². The maximum Gasteiger partial charge on any atom is 0.226 e. The molecular weight excluding hydrogens is 416 g/mol. The first kappa shape index (κ1) is 23.1. The second kappa shape index (κ2) is 10.7. The van der Waals surface area contributed by atoms with Crippen LogP contribution in [0.4, 0.5) is 0 Å². The number of ketones is 1. The number of rotatable bonds is 11. The minimum absolute atomic E-state index is 0.0105. The van der Waals surface area contributed by atoms with Gasteiger partial charge in [0.25, 0.3) is 0 Å². The van der Waals surface area contributed by atoms with Gasteiger partial charge in [0.15, 0.2) is 5.76 Å². The predicted octanol–water partition coefficient (Wildman–Crippen LogP) is 4.54. The number of hydrogen-bond donors (Lipinski definition) is 1. The molecule has 7 nitrogen and oxygen atoms in total. The molecule has 0 bridgehead atoms. The number of likely N-dealkylation sites (tertiary alicyclic amines) is 1. The number of carbonyl (C=O) groups is 2. The lowest BCUT2D eigenvalue weighted by atomic mass is 9.99. The highest BCUT2D eigenvalue weighted by Gasteiger charge is 2.32. The van der Waals surface area contributed by atoms with E-state index in [9.17, 15) is 9.59 Å². The first-order chi connectivity index (χ1) is 16.0. The molecule has 1 fully saturated rings. The van der Waals surface area contributed by atoms with E-state index in [0.29, 0.717) is 30.3 Å². The van der Waals surface area contributed by atoms with Gasteiger partial charge in [0.05, 0.1) is 17.6 Å². The number of hydrogen-bond acceptors (Lipinski definition) is 6. The Bertz CT molecular complexity index is 1100. The van der Waals surface area contributed by atoms with E-state index in [4.69, 9.17) is 4.42 Å². The molecule has 1 saturated heterocycles. The number of nitrogens with zero attached hydrogens (tertiary/aromatic N) is 3. The highest BCUT2D eigenvalue weighted by molar-refractivity contribution is 5.91. The van der Waals surface area contributed by atoms with Crippen molar-refractivity contribution >= 4 is 22.6 Å². The fraction of sp³-hybridized carbons (Fsp3) is 0.462. The van der Waals surface area contributed by atoms with E-state index in [0.717, 1.165) is 55.2 Å². The molecule has 1 amide bonds. The van der Waals surface area contributed by atoms with Crippen molar-refractivity contribution < 1.29 is 14.0 Å². The monoisotopic (exact) mass is 448 g/mol. The van der Waals surface area contributed by atoms with Gasteiger partial charge in [-0.2, -0.15) is 0 Å². The average Bonchev–Trinajstić information content (AvgIpc) is 3.30. The maximum absolute atomic E-state index is 12.8. The van der Waals surface area contributed by atoms with E-state index in [2.05, 4.69) is 20.2 Å². The molecule has 1 aliphatic heterocycles. The molecule has 1 atom stereocenters. The summed E-state index contributed by atoms with van der Waals surface area (Å²) in [7, 11) is 2.01. The lowest BCUT2D eigenvalue weighted by Gasteiger charge is -2.35. The Morgan fingerprint density at radius 1 is 1.15 bits per heavy atom. The van der Waals surface area contributed by atoms with Crippen LogP contribution >= 0.6 is 0 Å². The van der Waals surface area contributed by atoms with Gasteiger partial charge in [-0.05, 0) is 32.0 Å². The summed E-state index contributed by atoms with van der Waals surface area (Å²) in [5.41, 5.74) is 1.75. The van der Waals surface area contributed by atoms with Gasteiger partial charge in [0.2, 0.25) is 11.8 Å². The van der Waals surface area contributed by atoms with Crippen LogP contribution in [0.3, 0.4) is 0 Å². The number of oxazole rings is 1. The van der Waals surface area contributed by atoms with Crippen LogP contribution in [0, 0.1) is 5.92 Å². The van der Waals surface area contributed by atoms with E-state index in [1.807, 2.05) is 44.3 Å². The zero-order valence-electron chi connectivity index (χ0n) is 19.4. The van der Waals surface area contributed by atoms with E-state index in [-0.39, 0.29) is 17.9 Å². The third kappa shape index (κ3) is 5.66. The Labute approximate surface area is 194 Å². The van der Waals surface area contributed by atoms with Crippen molar-refractivity contribution in [1.29, 1.82) is 0 Å². The van der Waals surface area contributed by atoms with Gasteiger partial charge in [0.1, 0.15) is 11.8 Å². The first-order valence-corrected chi connectivity index (χ1v) is 11.9. The Balaban J connectivity index is 1.48. The van der Waals surface area contributed by atoms with Crippen molar-refractivity contribution in [2.24, 2.45) is 5.92 Å². The fourth-order valence-corrected chi connectivity index (χ4v) is 4.31. The smallest absolute Gasteiger partial charge is 0.226 e. The minimum atomic E-state index is -0.290. The second-order valence-electron chi connectivity index (χ2n) is 8.91. The molecule has 0 saturated carbocycles. The lowest BCUT2D eigenvalue weighted by Crippen LogP contribution is -2.52. The SMILES string of the molecule is CCC(=O)CCCCC[C@H](NC(=O)C1CN(C)C1)c1ncc(-c2cccc3cccnc23)o1. The predicted molar refractivity (Wildman–Crippen MR) is 127 cm³/mol. The molecule has 3 aromatic rings. The van der Waals surface area contributed by atoms with Gasteiger partial charge in [-0.25, -0.2) is 4.98 Å². The summed E-state index contributed by atoms with van der Waals surface area (Å²) >= 11 is 0. The fourth-order valence-electron chi connectivity index (χ4n) is 4.31. The summed E-state index contributed by atoms with van der Waals surface area (Å²) in [5.74, 6) is 1.52. The van der Waals surface area contributed by atoms with Crippen molar-refractivity contribution in [3.63, 3.8) is 0 Å². The molecule has 174 valence electrons. The molecule has 2 aromatic heterocycles. The van der Waals surface area contributed by atoms with Crippen LogP contribution in [0.15, 0.2) is 47.1 Å². The molecule has 33 heavy (non-hydrogen) atoms. The van der Waals surface area contributed by atoms with Crippen molar-refractivity contribution in [3.8, 4) is 11.3 Å². The molecular formula is C26H32N4O3. The van der Waals surface area contributed by atoms with Crippen molar-refractivity contribution in [2.45, 2.75) is 51.5 Å². The lowest BCUT2D eigenvalue weighted by molar-refractivity contribution is -0.130. The summed E-state index contributed by atoms with van der Waals surface area (Å²) in [6.45, 7) is 3.45. The van der Waals surface area contributed by atoms with Gasteiger partial charge in [0, 0.05) is 43.1 Å². The van der Waals surface area contributed by atoms with Crippen molar-refractivity contribution in [3.05, 3.63) is 48.6 Å². The number of carbonyl (C=O) groups excluding carboxylic acids is 2. The molecule has 0 spiro atoms. The number of pyridine rings is 1. The van der Waals surface area contributed by atoms with Crippen molar-refractivity contribution in [2.75, 3.05) is 20.1 Å². The summed E-state index contributed by atoms with van der Waals surface area (Å²) < 4.78 is 6.18. The average molecular weight is 449 g/mol. The van der Waals surface area contributed by atoms with Crippen LogP contribution in [0.1, 0.15) is 57.4 Å². The van der Waals surface area contributed by atoms with Crippen molar-refractivity contribution in [1.82, 2.24) is 20.2 Å². The molecule has 1 aromatic carbocycles. The molecule has 0 radical (unpaired) electrons. The molecule has 1 aliphatic rings. The van der Waals surface area contributed by atoms with Crippen LogP contribution in [0.5, 0.6) is 0 Å². The summed E-state index contributed by atoms with van der Waals surface area (Å²) in [5, 5.41) is 4.20. The molecule has 7 heteroatoms. The third-order valence-corrected chi connectivity index (χ3v) is 6.31. The normalized spacial score (nSPS) is 15.3. The standard InChI is InChI=1S/C26H32N4O3/c1-3-20(31)11-5-4-6-13-22(29-25(32)19-16-30(2)17-19)26-28-15-23(33-26)21-12-7-9-18-10-8-14-27-24(18)21/h7-10,12,14-15,19,22H,3-6,11,13,16-17H2,1-2H3,(H,29,32)/t22-/m0/s1. The van der Waals surface area contributed by atoms with E-state index in [1.54, 1.807) is 12.4 Å². The minimum Gasteiger partial charge on any atom is -0.438 e. The number of amides is 1. The van der Waals surface area contributed by atoms with Crippen LogP contribution < -0.4 is 5.32 Å². The number of para-hydroxylation sites is 1. The highest BCUT2D eigenvalue weighted by Crippen LogP contribution is 2.30. The van der Waals surface area contributed by atoms with Gasteiger partial charge < -0.3 is 14.6 Å². The number of aromatic nitrogens is 2. The summed E-state index contributed by atoms with van der Waals surface area (Å²) in [6, 6.07) is 9.61. The maximum atomic E-state index is 12.8. The van der Waals surface area contributed by atoms with Crippen LogP contribution in [0.2, 0.25) is 0 Å². The van der Waals surface area contributed by atoms with Crippen LogP contribution in [0.25, 0.3) is 22.2 Å². The highest BCUT2D eigenvalue weighted by atomic mass is 16.4. The third-order valence-electron chi connectivity index (χ3n) is 6.31. The van der Waals surface area contributed by atoms with Crippen LogP contribution in [-0.4, -0.2) is 46.7 Å². The number of unbranched alkanes of at least 4 members (excludes halogenated alkanes) is 2. The van der Waals surface area contributed by atoms with E-state index in [1.165, 1.54) is 0 Å². The molecule has 0 aliphatic carbocycles. The Hall–Kier alpha value is -3.06. The zero-order chi connectivity index (χ0) is 23.2. The first-order valence-electron chi connectivity index (χ1n) is 11.9. The number of Topliss-reactive ketones (excluding diaryl/α,β-unsaturated/α-hetero) is 1. The summed E-state index contributed by atoms with van der Waals surface area (Å²) in [4.78, 5) is 35.5. The zero-order valence-corrected chi connectivity index (χ0v) is 19.4. The number of fused-ring (bicyclic) bond motifs is 1. The summed E-state index contributed by atoms with van der Waals surface area (Å²) in [6.07, 6.45) is 8.13. The molecule has 1 N–H and O–H groups in total. The van der Waals surface area contributed by atoms with Gasteiger partial charge in [-0.1, -0.05) is 38.0 Å². The van der Waals surface area contributed by atoms with Gasteiger partial charge >= 0.3 is 0 Å².